The third kappa shape index (κ3) is 4.59. The van der Waals surface area contributed by atoms with Crippen molar-refractivity contribution >= 4 is 33.4 Å². The second-order valence-electron chi connectivity index (χ2n) is 4.81. The Kier molecular flexibility index (Phi) is 5.16. The molecular weight excluding hydrogens is 373 g/mol. The van der Waals surface area contributed by atoms with Gasteiger partial charge < -0.3 is 4.90 Å². The zero-order valence-corrected chi connectivity index (χ0v) is 13.3. The molecule has 0 saturated carbocycles. The van der Waals surface area contributed by atoms with Crippen molar-refractivity contribution in [3.05, 3.63) is 33.3 Å². The molecule has 21 heavy (non-hydrogen) atoms. The molecule has 0 N–H and O–H groups in total. The summed E-state index contributed by atoms with van der Waals surface area (Å²) in [7, 11) is 0. The molecule has 1 fully saturated rings. The molecule has 1 saturated heterocycles. The van der Waals surface area contributed by atoms with E-state index < -0.39 is 12.7 Å². The van der Waals surface area contributed by atoms with E-state index >= 15 is 0 Å². The van der Waals surface area contributed by atoms with E-state index in [0.29, 0.717) is 15.1 Å². The molecule has 0 unspecified atom stereocenters. The van der Waals surface area contributed by atoms with Crippen molar-refractivity contribution < 1.29 is 18.0 Å². The highest BCUT2D eigenvalue weighted by Crippen LogP contribution is 2.24. The summed E-state index contributed by atoms with van der Waals surface area (Å²) in [6.45, 7) is 0.0648. The zero-order valence-electron chi connectivity index (χ0n) is 11.0. The van der Waals surface area contributed by atoms with Crippen molar-refractivity contribution in [1.82, 2.24) is 9.80 Å². The summed E-state index contributed by atoms with van der Waals surface area (Å²) >= 11 is 9.18. The van der Waals surface area contributed by atoms with Crippen molar-refractivity contribution in [3.63, 3.8) is 0 Å². The quantitative estimate of drug-likeness (QED) is 0.779. The molecule has 0 aliphatic carbocycles. The molecule has 1 aromatic carbocycles. The maximum atomic E-state index is 12.3. The lowest BCUT2D eigenvalue weighted by Gasteiger charge is -2.35. The minimum absolute atomic E-state index is 0.212. The van der Waals surface area contributed by atoms with Crippen molar-refractivity contribution in [1.29, 1.82) is 0 Å². The van der Waals surface area contributed by atoms with Gasteiger partial charge in [0.2, 0.25) is 0 Å². The van der Waals surface area contributed by atoms with Crippen LogP contribution in [0.3, 0.4) is 0 Å². The number of halogens is 5. The summed E-state index contributed by atoms with van der Waals surface area (Å²) in [4.78, 5) is 15.1. The molecule has 1 aliphatic heterocycles. The second kappa shape index (κ2) is 6.54. The van der Waals surface area contributed by atoms with Gasteiger partial charge in [0, 0.05) is 36.2 Å². The molecule has 116 valence electrons. The Labute approximate surface area is 133 Å². The van der Waals surface area contributed by atoms with Crippen LogP contribution in [0.2, 0.25) is 5.02 Å². The number of rotatable bonds is 2. The molecule has 1 amide bonds. The summed E-state index contributed by atoms with van der Waals surface area (Å²) < 4.78 is 37.6. The van der Waals surface area contributed by atoms with Gasteiger partial charge in [-0.1, -0.05) is 11.6 Å². The lowest BCUT2D eigenvalue weighted by Crippen LogP contribution is -2.50. The standard InChI is InChI=1S/C13H13BrClF3N2O/c14-10-2-1-9(7-11(10)15)12(21)20-5-3-19(4-6-20)8-13(16,17)18/h1-2,7H,3-6,8H2. The highest BCUT2D eigenvalue weighted by molar-refractivity contribution is 9.10. The molecule has 3 nitrogen and oxygen atoms in total. The van der Waals surface area contributed by atoms with Crippen LogP contribution in [0.15, 0.2) is 22.7 Å². The topological polar surface area (TPSA) is 23.6 Å². The predicted octanol–water partition coefficient (Wildman–Crippen LogP) is 3.42. The molecule has 0 atom stereocenters. The first-order valence-electron chi connectivity index (χ1n) is 6.30. The fraction of sp³-hybridized carbons (Fsp3) is 0.462. The van der Waals surface area contributed by atoms with Crippen LogP contribution in [0.1, 0.15) is 10.4 Å². The monoisotopic (exact) mass is 384 g/mol. The Morgan fingerprint density at radius 3 is 2.38 bits per heavy atom. The van der Waals surface area contributed by atoms with Crippen molar-refractivity contribution in [2.45, 2.75) is 6.18 Å². The minimum Gasteiger partial charge on any atom is -0.336 e. The highest BCUT2D eigenvalue weighted by atomic mass is 79.9. The van der Waals surface area contributed by atoms with E-state index in [-0.39, 0.29) is 32.1 Å². The zero-order chi connectivity index (χ0) is 15.6. The summed E-state index contributed by atoms with van der Waals surface area (Å²) in [5.41, 5.74) is 0.437. The smallest absolute Gasteiger partial charge is 0.336 e. The van der Waals surface area contributed by atoms with Crippen LogP contribution in [0.25, 0.3) is 0 Å². The molecule has 1 heterocycles. The number of nitrogens with zero attached hydrogens (tertiary/aromatic N) is 2. The number of hydrogen-bond donors (Lipinski definition) is 0. The molecule has 0 aromatic heterocycles. The fourth-order valence-corrected chi connectivity index (χ4v) is 2.60. The molecule has 0 radical (unpaired) electrons. The van der Waals surface area contributed by atoms with Crippen LogP contribution in [-0.4, -0.2) is 54.6 Å². The molecule has 0 bridgehead atoms. The van der Waals surface area contributed by atoms with Gasteiger partial charge in [-0.2, -0.15) is 13.2 Å². The van der Waals surface area contributed by atoms with Gasteiger partial charge in [-0.05, 0) is 34.1 Å². The molecule has 1 aliphatic rings. The fourth-order valence-electron chi connectivity index (χ4n) is 2.17. The second-order valence-corrected chi connectivity index (χ2v) is 6.07. The third-order valence-electron chi connectivity index (χ3n) is 3.23. The SMILES string of the molecule is O=C(c1ccc(Br)c(Cl)c1)N1CCN(CC(F)(F)F)CC1. The Balaban J connectivity index is 1.95. The van der Waals surface area contributed by atoms with Crippen molar-refractivity contribution in [2.75, 3.05) is 32.7 Å². The molecule has 0 spiro atoms. The number of piperazine rings is 1. The number of benzene rings is 1. The maximum absolute atomic E-state index is 12.3. The van der Waals surface area contributed by atoms with E-state index in [4.69, 9.17) is 11.6 Å². The third-order valence-corrected chi connectivity index (χ3v) is 4.46. The Bertz CT molecular complexity index is 531. The first kappa shape index (κ1) is 16.6. The number of carbonyl (C=O) groups excluding carboxylic acids is 1. The van der Waals surface area contributed by atoms with Crippen molar-refractivity contribution in [2.24, 2.45) is 0 Å². The number of carbonyl (C=O) groups is 1. The van der Waals surface area contributed by atoms with E-state index in [1.165, 1.54) is 4.90 Å². The van der Waals surface area contributed by atoms with Crippen LogP contribution in [0, 0.1) is 0 Å². The van der Waals surface area contributed by atoms with Gasteiger partial charge in [-0.15, -0.1) is 0 Å². The normalized spacial score (nSPS) is 17.1. The van der Waals surface area contributed by atoms with E-state index in [9.17, 15) is 18.0 Å². The van der Waals surface area contributed by atoms with Crippen molar-refractivity contribution in [3.8, 4) is 0 Å². The van der Waals surface area contributed by atoms with Gasteiger partial charge in [0.1, 0.15) is 0 Å². The summed E-state index contributed by atoms with van der Waals surface area (Å²) in [6, 6.07) is 4.87. The number of hydrogen-bond acceptors (Lipinski definition) is 2. The molecule has 8 heteroatoms. The molecule has 2 rings (SSSR count). The first-order chi connectivity index (χ1) is 9.76. The molecular formula is C13H13BrClF3N2O. The Morgan fingerprint density at radius 2 is 1.86 bits per heavy atom. The lowest BCUT2D eigenvalue weighted by molar-refractivity contribution is -0.148. The predicted molar refractivity (Wildman–Crippen MR) is 77.6 cm³/mol. The van der Waals surface area contributed by atoms with Crippen LogP contribution in [0.5, 0.6) is 0 Å². The van der Waals surface area contributed by atoms with E-state index in [1.807, 2.05) is 0 Å². The average Bonchev–Trinajstić information content (AvgIpc) is 2.40. The van der Waals surface area contributed by atoms with Gasteiger partial charge in [-0.3, -0.25) is 9.69 Å². The highest BCUT2D eigenvalue weighted by Gasteiger charge is 2.33. The van der Waals surface area contributed by atoms with E-state index in [0.717, 1.165) is 0 Å². The summed E-state index contributed by atoms with van der Waals surface area (Å²) in [5.74, 6) is -0.212. The van der Waals surface area contributed by atoms with Gasteiger partial charge >= 0.3 is 6.18 Å². The van der Waals surface area contributed by atoms with Gasteiger partial charge in [-0.25, -0.2) is 0 Å². The van der Waals surface area contributed by atoms with Gasteiger partial charge in [0.15, 0.2) is 0 Å². The van der Waals surface area contributed by atoms with Crippen LogP contribution in [-0.2, 0) is 0 Å². The minimum atomic E-state index is -4.20. The first-order valence-corrected chi connectivity index (χ1v) is 7.47. The average molecular weight is 386 g/mol. The van der Waals surface area contributed by atoms with Gasteiger partial charge in [0.05, 0.1) is 11.6 Å². The largest absolute Gasteiger partial charge is 0.401 e. The van der Waals surface area contributed by atoms with Crippen LogP contribution in [0.4, 0.5) is 13.2 Å². The summed E-state index contributed by atoms with van der Waals surface area (Å²) in [6.07, 6.45) is -4.20. The van der Waals surface area contributed by atoms with E-state index in [2.05, 4.69) is 15.9 Å². The van der Waals surface area contributed by atoms with E-state index in [1.54, 1.807) is 23.1 Å². The molecule has 1 aromatic rings. The summed E-state index contributed by atoms with van der Waals surface area (Å²) in [5, 5.41) is 0.427. The Morgan fingerprint density at radius 1 is 1.24 bits per heavy atom. The maximum Gasteiger partial charge on any atom is 0.401 e. The van der Waals surface area contributed by atoms with Gasteiger partial charge in [0.25, 0.3) is 5.91 Å². The van der Waals surface area contributed by atoms with Crippen LogP contribution < -0.4 is 0 Å². The Hall–Kier alpha value is -0.790. The lowest BCUT2D eigenvalue weighted by atomic mass is 10.2. The number of alkyl halides is 3. The van der Waals surface area contributed by atoms with Crippen LogP contribution >= 0.6 is 27.5 Å². The number of amides is 1.